The minimum absolute atomic E-state index is 0.548. The molecule has 0 aromatic carbocycles. The predicted octanol–water partition coefficient (Wildman–Crippen LogP) is 4.38. The molecule has 0 amide bonds. The summed E-state index contributed by atoms with van der Waals surface area (Å²) < 4.78 is 2.20. The van der Waals surface area contributed by atoms with Gasteiger partial charge in [0.25, 0.3) is 0 Å². The highest BCUT2D eigenvalue weighted by Gasteiger charge is 2.25. The fourth-order valence-corrected chi connectivity index (χ4v) is 4.58. The Hall–Kier alpha value is -2.83. The van der Waals surface area contributed by atoms with E-state index in [2.05, 4.69) is 54.9 Å². The van der Waals surface area contributed by atoms with Gasteiger partial charge in [-0.25, -0.2) is 4.98 Å². The van der Waals surface area contributed by atoms with Crippen molar-refractivity contribution < 1.29 is 0 Å². The first-order valence-electron chi connectivity index (χ1n) is 9.51. The van der Waals surface area contributed by atoms with Crippen LogP contribution in [0, 0.1) is 0 Å². The van der Waals surface area contributed by atoms with Crippen molar-refractivity contribution in [2.45, 2.75) is 18.9 Å². The molecule has 0 bridgehead atoms. The van der Waals surface area contributed by atoms with E-state index in [1.165, 1.54) is 17.7 Å². The zero-order valence-corrected chi connectivity index (χ0v) is 16.3. The molecular weight excluding hydrogens is 366 g/mol. The Morgan fingerprint density at radius 1 is 1.04 bits per heavy atom. The average Bonchev–Trinajstić information content (AvgIpc) is 3.51. The van der Waals surface area contributed by atoms with E-state index < -0.39 is 0 Å². The predicted molar refractivity (Wildman–Crippen MR) is 112 cm³/mol. The number of pyridine rings is 2. The van der Waals surface area contributed by atoms with Crippen molar-refractivity contribution in [2.24, 2.45) is 0 Å². The molecule has 1 unspecified atom stereocenters. The van der Waals surface area contributed by atoms with E-state index in [4.69, 9.17) is 0 Å². The van der Waals surface area contributed by atoms with Crippen molar-refractivity contribution >= 4 is 11.3 Å². The quantitative estimate of drug-likeness (QED) is 0.510. The van der Waals surface area contributed by atoms with Gasteiger partial charge in [-0.05, 0) is 60.8 Å². The molecular formula is C22H21N5S. The molecule has 5 rings (SSSR count). The highest BCUT2D eigenvalue weighted by Crippen LogP contribution is 2.30. The number of thiazole rings is 1. The lowest BCUT2D eigenvalue weighted by Gasteiger charge is -2.17. The zero-order chi connectivity index (χ0) is 18.8. The van der Waals surface area contributed by atoms with Gasteiger partial charge in [0.05, 0.1) is 5.69 Å². The van der Waals surface area contributed by atoms with Crippen molar-refractivity contribution in [3.63, 3.8) is 0 Å². The van der Waals surface area contributed by atoms with Gasteiger partial charge in [-0.1, -0.05) is 0 Å². The summed E-state index contributed by atoms with van der Waals surface area (Å²) in [6.45, 7) is 3.13. The molecule has 1 atom stereocenters. The van der Waals surface area contributed by atoms with Crippen LogP contribution < -0.4 is 0 Å². The molecule has 0 N–H and O–H groups in total. The van der Waals surface area contributed by atoms with Crippen LogP contribution in [0.2, 0.25) is 0 Å². The maximum Gasteiger partial charge on any atom is 0.193 e. The fourth-order valence-electron chi connectivity index (χ4n) is 3.93. The summed E-state index contributed by atoms with van der Waals surface area (Å²) in [7, 11) is 0. The van der Waals surface area contributed by atoms with Crippen LogP contribution in [0.5, 0.6) is 0 Å². The Bertz CT molecular complexity index is 1040. The first-order chi connectivity index (χ1) is 13.9. The summed E-state index contributed by atoms with van der Waals surface area (Å²) in [5, 5.41) is 3.06. The molecule has 28 heavy (non-hydrogen) atoms. The van der Waals surface area contributed by atoms with E-state index in [0.717, 1.165) is 36.0 Å². The average molecular weight is 388 g/mol. The van der Waals surface area contributed by atoms with Crippen LogP contribution in [0.25, 0.3) is 16.4 Å². The molecule has 140 valence electrons. The number of hydrogen-bond donors (Lipinski definition) is 0. The van der Waals surface area contributed by atoms with Gasteiger partial charge in [0, 0.05) is 60.7 Å². The van der Waals surface area contributed by atoms with Gasteiger partial charge in [0.15, 0.2) is 5.13 Å². The van der Waals surface area contributed by atoms with Gasteiger partial charge in [-0.3, -0.25) is 19.4 Å². The van der Waals surface area contributed by atoms with Crippen LogP contribution in [0.15, 0.2) is 72.8 Å². The number of likely N-dealkylation sites (tertiary alicyclic amines) is 1. The third-order valence-corrected chi connectivity index (χ3v) is 6.12. The van der Waals surface area contributed by atoms with Crippen LogP contribution >= 0.6 is 11.3 Å². The monoisotopic (exact) mass is 387 g/mol. The van der Waals surface area contributed by atoms with Crippen LogP contribution in [0.1, 0.15) is 23.6 Å². The molecule has 1 saturated heterocycles. The molecule has 0 aliphatic carbocycles. The first-order valence-corrected chi connectivity index (χ1v) is 10.4. The molecule has 4 aromatic heterocycles. The molecule has 1 fully saturated rings. The molecule has 1 aliphatic heterocycles. The van der Waals surface area contributed by atoms with Crippen molar-refractivity contribution in [3.05, 3.63) is 84.0 Å². The minimum atomic E-state index is 0.548. The molecule has 5 nitrogen and oxygen atoms in total. The summed E-state index contributed by atoms with van der Waals surface area (Å²) in [5.74, 6) is 0.548. The summed E-state index contributed by atoms with van der Waals surface area (Å²) in [5.41, 5.74) is 4.81. The molecule has 0 radical (unpaired) electrons. The second-order valence-electron chi connectivity index (χ2n) is 7.12. The number of nitrogens with zero attached hydrogens (tertiary/aromatic N) is 5. The minimum Gasteiger partial charge on any atom is -0.297 e. The standard InChI is InChI=1S/C22H21N5S/c1-2-20(27(11-1)22-25-10-13-28-22)16-26-12-6-19(15-26)18-5-9-24-21(14-18)17-3-7-23-8-4-17/h1-5,7-11,13-14,19H,6,12,15-16H2. The summed E-state index contributed by atoms with van der Waals surface area (Å²) >= 11 is 1.67. The van der Waals surface area contributed by atoms with Crippen LogP contribution in [0.3, 0.4) is 0 Å². The number of hydrogen-bond acceptors (Lipinski definition) is 5. The number of rotatable bonds is 5. The van der Waals surface area contributed by atoms with Gasteiger partial charge in [-0.2, -0.15) is 0 Å². The lowest BCUT2D eigenvalue weighted by Crippen LogP contribution is -2.21. The first kappa shape index (κ1) is 17.3. The van der Waals surface area contributed by atoms with Gasteiger partial charge in [0.2, 0.25) is 0 Å². The van der Waals surface area contributed by atoms with Gasteiger partial charge in [0.1, 0.15) is 0 Å². The lowest BCUT2D eigenvalue weighted by molar-refractivity contribution is 0.321. The smallest absolute Gasteiger partial charge is 0.193 e. The fraction of sp³-hybridized carbons (Fsp3) is 0.227. The maximum atomic E-state index is 4.55. The Labute approximate surface area is 168 Å². The lowest BCUT2D eigenvalue weighted by atomic mass is 9.98. The van der Waals surface area contributed by atoms with E-state index >= 15 is 0 Å². The van der Waals surface area contributed by atoms with Crippen LogP contribution in [-0.4, -0.2) is 37.5 Å². The maximum absolute atomic E-state index is 4.55. The summed E-state index contributed by atoms with van der Waals surface area (Å²) in [6, 6.07) is 12.7. The molecule has 6 heteroatoms. The topological polar surface area (TPSA) is 46.8 Å². The number of aromatic nitrogens is 4. The molecule has 5 heterocycles. The van der Waals surface area contributed by atoms with Crippen molar-refractivity contribution in [2.75, 3.05) is 13.1 Å². The Balaban J connectivity index is 1.30. The van der Waals surface area contributed by atoms with Gasteiger partial charge in [-0.15, -0.1) is 11.3 Å². The normalized spacial score (nSPS) is 17.2. The summed E-state index contributed by atoms with van der Waals surface area (Å²) in [6.07, 6.45) is 10.7. The van der Waals surface area contributed by atoms with Crippen molar-refractivity contribution in [1.82, 2.24) is 24.4 Å². The zero-order valence-electron chi connectivity index (χ0n) is 15.5. The second-order valence-corrected chi connectivity index (χ2v) is 7.99. The molecule has 4 aromatic rings. The van der Waals surface area contributed by atoms with E-state index in [0.29, 0.717) is 5.92 Å². The van der Waals surface area contributed by atoms with Crippen molar-refractivity contribution in [1.29, 1.82) is 0 Å². The Morgan fingerprint density at radius 2 is 1.96 bits per heavy atom. The third kappa shape index (κ3) is 3.48. The molecule has 1 aliphatic rings. The molecule has 0 saturated carbocycles. The van der Waals surface area contributed by atoms with E-state index in [9.17, 15) is 0 Å². The van der Waals surface area contributed by atoms with Crippen LogP contribution in [-0.2, 0) is 6.54 Å². The van der Waals surface area contributed by atoms with E-state index in [1.807, 2.05) is 42.3 Å². The highest BCUT2D eigenvalue weighted by atomic mass is 32.1. The van der Waals surface area contributed by atoms with Crippen molar-refractivity contribution in [3.8, 4) is 16.4 Å². The van der Waals surface area contributed by atoms with E-state index in [1.54, 1.807) is 11.3 Å². The Kier molecular flexibility index (Phi) is 4.72. The summed E-state index contributed by atoms with van der Waals surface area (Å²) in [4.78, 5) is 15.6. The Morgan fingerprint density at radius 3 is 2.82 bits per heavy atom. The van der Waals surface area contributed by atoms with Gasteiger partial charge < -0.3 is 0 Å². The SMILES string of the molecule is c1cc(CN2CCC(c3ccnc(-c4ccncc4)c3)C2)n(-c2nccs2)c1. The molecule has 0 spiro atoms. The van der Waals surface area contributed by atoms with E-state index in [-0.39, 0.29) is 0 Å². The third-order valence-electron chi connectivity index (χ3n) is 5.35. The highest BCUT2D eigenvalue weighted by molar-refractivity contribution is 7.12. The van der Waals surface area contributed by atoms with Crippen LogP contribution in [0.4, 0.5) is 0 Å². The second kappa shape index (κ2) is 7.66. The largest absolute Gasteiger partial charge is 0.297 e. The van der Waals surface area contributed by atoms with Gasteiger partial charge >= 0.3 is 0 Å².